The lowest BCUT2D eigenvalue weighted by Gasteiger charge is -2.38. The largest absolute Gasteiger partial charge is 0.491 e. The molecule has 0 aliphatic carbocycles. The van der Waals surface area contributed by atoms with Crippen molar-refractivity contribution in [2.45, 2.75) is 64.8 Å². The molecule has 0 aromatic heterocycles. The summed E-state index contributed by atoms with van der Waals surface area (Å²) < 4.78 is 5.71. The molecular weight excluding hydrogens is 248 g/mol. The van der Waals surface area contributed by atoms with E-state index in [0.29, 0.717) is 6.04 Å². The van der Waals surface area contributed by atoms with Gasteiger partial charge in [0, 0.05) is 18.1 Å². The van der Waals surface area contributed by atoms with E-state index in [-0.39, 0.29) is 17.7 Å². The normalized spacial score (nSPS) is 24.4. The number of benzene rings is 1. The van der Waals surface area contributed by atoms with Gasteiger partial charge in [0.25, 0.3) is 0 Å². The number of nitrogens with two attached hydrogens (primary N) is 1. The van der Waals surface area contributed by atoms with Crippen molar-refractivity contribution in [1.29, 1.82) is 0 Å². The lowest BCUT2D eigenvalue weighted by molar-refractivity contribution is 0.117. The first kappa shape index (κ1) is 15.3. The van der Waals surface area contributed by atoms with Gasteiger partial charge in [0.1, 0.15) is 5.75 Å². The maximum absolute atomic E-state index is 6.34. The van der Waals surface area contributed by atoms with E-state index in [1.165, 1.54) is 5.56 Å². The topological polar surface area (TPSA) is 38.5 Å². The van der Waals surface area contributed by atoms with Crippen LogP contribution < -0.4 is 10.5 Å². The molecule has 0 amide bonds. The average Bonchev–Trinajstić information content (AvgIpc) is 2.71. The summed E-state index contributed by atoms with van der Waals surface area (Å²) in [6, 6.07) is 8.95. The Bertz CT molecular complexity index is 433. The molecule has 0 saturated carbocycles. The van der Waals surface area contributed by atoms with Crippen molar-refractivity contribution in [3.8, 4) is 5.75 Å². The van der Waals surface area contributed by atoms with Crippen molar-refractivity contribution in [3.63, 3.8) is 0 Å². The Morgan fingerprint density at radius 3 is 2.30 bits per heavy atom. The Labute approximate surface area is 123 Å². The zero-order chi connectivity index (χ0) is 14.9. The maximum atomic E-state index is 6.34. The van der Waals surface area contributed by atoms with Crippen molar-refractivity contribution in [3.05, 3.63) is 29.8 Å². The van der Waals surface area contributed by atoms with E-state index in [0.717, 1.165) is 18.7 Å². The predicted octanol–water partition coefficient (Wildman–Crippen LogP) is 3.35. The summed E-state index contributed by atoms with van der Waals surface area (Å²) in [5, 5.41) is 0. The summed E-state index contributed by atoms with van der Waals surface area (Å²) in [6.07, 6.45) is 1.27. The van der Waals surface area contributed by atoms with Gasteiger partial charge in [-0.3, -0.25) is 4.90 Å². The van der Waals surface area contributed by atoms with Crippen LogP contribution in [-0.4, -0.2) is 29.1 Å². The van der Waals surface area contributed by atoms with Crippen LogP contribution in [0.5, 0.6) is 5.75 Å². The van der Waals surface area contributed by atoms with Gasteiger partial charge in [-0.05, 0) is 58.7 Å². The molecule has 20 heavy (non-hydrogen) atoms. The SMILES string of the molecule is CC(C)Oc1ccc(C2C(N)CCN2C(C)(C)C)cc1. The van der Waals surface area contributed by atoms with Crippen molar-refractivity contribution >= 4 is 0 Å². The molecule has 1 aromatic rings. The highest BCUT2D eigenvalue weighted by molar-refractivity contribution is 5.31. The molecule has 2 atom stereocenters. The van der Waals surface area contributed by atoms with Crippen LogP contribution in [0.4, 0.5) is 0 Å². The first-order valence-corrected chi connectivity index (χ1v) is 7.58. The average molecular weight is 276 g/mol. The molecule has 3 nitrogen and oxygen atoms in total. The van der Waals surface area contributed by atoms with E-state index < -0.39 is 0 Å². The number of nitrogens with zero attached hydrogens (tertiary/aromatic N) is 1. The fourth-order valence-electron chi connectivity index (χ4n) is 3.01. The van der Waals surface area contributed by atoms with E-state index in [2.05, 4.69) is 49.9 Å². The molecule has 1 aromatic carbocycles. The molecule has 1 aliphatic rings. The van der Waals surface area contributed by atoms with E-state index >= 15 is 0 Å². The van der Waals surface area contributed by atoms with Crippen molar-refractivity contribution in [1.82, 2.24) is 4.90 Å². The lowest BCUT2D eigenvalue weighted by Crippen LogP contribution is -2.43. The fraction of sp³-hybridized carbons (Fsp3) is 0.647. The second-order valence-electron chi connectivity index (χ2n) is 7.00. The minimum absolute atomic E-state index is 0.145. The van der Waals surface area contributed by atoms with Crippen LogP contribution in [0.15, 0.2) is 24.3 Å². The Morgan fingerprint density at radius 1 is 1.20 bits per heavy atom. The molecule has 0 spiro atoms. The van der Waals surface area contributed by atoms with Crippen molar-refractivity contribution in [2.24, 2.45) is 5.73 Å². The van der Waals surface area contributed by atoms with Gasteiger partial charge in [0.2, 0.25) is 0 Å². The third-order valence-corrected chi connectivity index (χ3v) is 3.90. The molecule has 1 heterocycles. The monoisotopic (exact) mass is 276 g/mol. The molecule has 3 heteroatoms. The minimum Gasteiger partial charge on any atom is -0.491 e. The highest BCUT2D eigenvalue weighted by atomic mass is 16.5. The third-order valence-electron chi connectivity index (χ3n) is 3.90. The summed E-state index contributed by atoms with van der Waals surface area (Å²) in [4.78, 5) is 2.51. The van der Waals surface area contributed by atoms with Gasteiger partial charge in [-0.2, -0.15) is 0 Å². The Morgan fingerprint density at radius 2 is 1.80 bits per heavy atom. The van der Waals surface area contributed by atoms with Crippen molar-refractivity contribution < 1.29 is 4.74 Å². The number of ether oxygens (including phenoxy) is 1. The van der Waals surface area contributed by atoms with Gasteiger partial charge in [-0.15, -0.1) is 0 Å². The van der Waals surface area contributed by atoms with Crippen LogP contribution in [0.1, 0.15) is 52.6 Å². The summed E-state index contributed by atoms with van der Waals surface area (Å²) >= 11 is 0. The first-order chi connectivity index (χ1) is 9.29. The van der Waals surface area contributed by atoms with E-state index in [1.54, 1.807) is 0 Å². The van der Waals surface area contributed by atoms with Crippen LogP contribution >= 0.6 is 0 Å². The number of hydrogen-bond acceptors (Lipinski definition) is 3. The maximum Gasteiger partial charge on any atom is 0.119 e. The molecule has 0 radical (unpaired) electrons. The summed E-state index contributed by atoms with van der Waals surface area (Å²) in [7, 11) is 0. The van der Waals surface area contributed by atoms with E-state index in [9.17, 15) is 0 Å². The zero-order valence-corrected chi connectivity index (χ0v) is 13.4. The van der Waals surface area contributed by atoms with E-state index in [4.69, 9.17) is 10.5 Å². The second-order valence-corrected chi connectivity index (χ2v) is 7.00. The Kier molecular flexibility index (Phi) is 4.40. The van der Waals surface area contributed by atoms with Crippen LogP contribution in [0, 0.1) is 0 Å². The molecule has 2 rings (SSSR count). The molecule has 112 valence electrons. The van der Waals surface area contributed by atoms with Gasteiger partial charge >= 0.3 is 0 Å². The quantitative estimate of drug-likeness (QED) is 0.920. The number of rotatable bonds is 3. The third kappa shape index (κ3) is 3.33. The zero-order valence-electron chi connectivity index (χ0n) is 13.4. The molecule has 2 N–H and O–H groups in total. The summed E-state index contributed by atoms with van der Waals surface area (Å²) in [5.74, 6) is 0.928. The van der Waals surface area contributed by atoms with Gasteiger partial charge in [-0.25, -0.2) is 0 Å². The summed E-state index contributed by atoms with van der Waals surface area (Å²) in [6.45, 7) is 11.9. The van der Waals surface area contributed by atoms with Gasteiger partial charge in [-0.1, -0.05) is 12.1 Å². The first-order valence-electron chi connectivity index (χ1n) is 7.58. The van der Waals surface area contributed by atoms with Crippen molar-refractivity contribution in [2.75, 3.05) is 6.54 Å². The van der Waals surface area contributed by atoms with Crippen LogP contribution in [0.2, 0.25) is 0 Å². The van der Waals surface area contributed by atoms with Crippen LogP contribution in [-0.2, 0) is 0 Å². The van der Waals surface area contributed by atoms with Crippen LogP contribution in [0.3, 0.4) is 0 Å². The Balaban J connectivity index is 2.20. The van der Waals surface area contributed by atoms with Crippen LogP contribution in [0.25, 0.3) is 0 Å². The Hall–Kier alpha value is -1.06. The second kappa shape index (κ2) is 5.74. The van der Waals surface area contributed by atoms with Gasteiger partial charge in [0.05, 0.1) is 12.1 Å². The lowest BCUT2D eigenvalue weighted by atomic mass is 9.97. The molecule has 1 saturated heterocycles. The number of hydrogen-bond donors (Lipinski definition) is 1. The van der Waals surface area contributed by atoms with Gasteiger partial charge < -0.3 is 10.5 Å². The highest BCUT2D eigenvalue weighted by Crippen LogP contribution is 2.37. The molecule has 1 fully saturated rings. The molecule has 1 aliphatic heterocycles. The van der Waals surface area contributed by atoms with E-state index in [1.807, 2.05) is 13.8 Å². The fourth-order valence-corrected chi connectivity index (χ4v) is 3.01. The predicted molar refractivity (Wildman–Crippen MR) is 84.0 cm³/mol. The highest BCUT2D eigenvalue weighted by Gasteiger charge is 2.38. The minimum atomic E-state index is 0.145. The smallest absolute Gasteiger partial charge is 0.119 e. The summed E-state index contributed by atoms with van der Waals surface area (Å²) in [5.41, 5.74) is 7.78. The molecule has 2 unspecified atom stereocenters. The number of likely N-dealkylation sites (tertiary alicyclic amines) is 1. The molecule has 0 bridgehead atoms. The standard InChI is InChI=1S/C17H28N2O/c1-12(2)20-14-8-6-13(7-9-14)16-15(18)10-11-19(16)17(3,4)5/h6-9,12,15-16H,10-11,18H2,1-5H3. The molecular formula is C17H28N2O. The van der Waals surface area contributed by atoms with Gasteiger partial charge in [0.15, 0.2) is 0 Å².